The average Bonchev–Trinajstić information content (AvgIpc) is 2.62. The SMILES string of the molecule is COC[C@H](C)N=CC1C(=O)N(c2cccc(Cl)c2)C(=O)c2ccccc21. The molecule has 0 aliphatic carbocycles. The van der Waals surface area contributed by atoms with Gasteiger partial charge in [-0.1, -0.05) is 35.9 Å². The van der Waals surface area contributed by atoms with Gasteiger partial charge in [0.2, 0.25) is 5.91 Å². The van der Waals surface area contributed by atoms with Gasteiger partial charge in [0, 0.05) is 23.9 Å². The van der Waals surface area contributed by atoms with Crippen molar-refractivity contribution in [3.8, 4) is 0 Å². The minimum absolute atomic E-state index is 0.0859. The number of fused-ring (bicyclic) bond motifs is 1. The van der Waals surface area contributed by atoms with Crippen LogP contribution in [0.25, 0.3) is 0 Å². The average molecular weight is 371 g/mol. The quantitative estimate of drug-likeness (QED) is 0.595. The Bertz CT molecular complexity index is 866. The van der Waals surface area contributed by atoms with Gasteiger partial charge >= 0.3 is 0 Å². The molecule has 3 rings (SSSR count). The van der Waals surface area contributed by atoms with Gasteiger partial charge in [-0.15, -0.1) is 0 Å². The number of benzene rings is 2. The number of nitrogens with zero attached hydrogens (tertiary/aromatic N) is 2. The van der Waals surface area contributed by atoms with Crippen LogP contribution in [0, 0.1) is 0 Å². The van der Waals surface area contributed by atoms with Crippen LogP contribution in [0.3, 0.4) is 0 Å². The van der Waals surface area contributed by atoms with Crippen molar-refractivity contribution in [3.63, 3.8) is 0 Å². The van der Waals surface area contributed by atoms with Crippen molar-refractivity contribution in [2.24, 2.45) is 4.99 Å². The second-order valence-electron chi connectivity index (χ2n) is 6.13. The summed E-state index contributed by atoms with van der Waals surface area (Å²) in [7, 11) is 1.60. The molecule has 134 valence electrons. The van der Waals surface area contributed by atoms with Crippen LogP contribution in [-0.2, 0) is 9.53 Å². The van der Waals surface area contributed by atoms with Gasteiger partial charge in [0.05, 0.1) is 24.3 Å². The first-order chi connectivity index (χ1) is 12.5. The monoisotopic (exact) mass is 370 g/mol. The largest absolute Gasteiger partial charge is 0.382 e. The summed E-state index contributed by atoms with van der Waals surface area (Å²) in [6.45, 7) is 2.36. The highest BCUT2D eigenvalue weighted by atomic mass is 35.5. The molecular weight excluding hydrogens is 352 g/mol. The fraction of sp³-hybridized carbons (Fsp3) is 0.250. The Morgan fingerprint density at radius 3 is 2.73 bits per heavy atom. The van der Waals surface area contributed by atoms with E-state index < -0.39 is 5.92 Å². The smallest absolute Gasteiger partial charge is 0.265 e. The molecule has 0 bridgehead atoms. The van der Waals surface area contributed by atoms with E-state index in [-0.39, 0.29) is 17.9 Å². The standard InChI is InChI=1S/C20H19ClN2O3/c1-13(12-26-2)22-11-18-16-8-3-4-9-17(16)19(24)23(20(18)25)15-7-5-6-14(21)10-15/h3-11,13,18H,12H2,1-2H3/t13-,18?/m0/s1. The Hall–Kier alpha value is -2.50. The van der Waals surface area contributed by atoms with E-state index in [0.717, 1.165) is 0 Å². The van der Waals surface area contributed by atoms with E-state index in [9.17, 15) is 9.59 Å². The Kier molecular flexibility index (Phi) is 5.49. The van der Waals surface area contributed by atoms with Gasteiger partial charge in [0.25, 0.3) is 5.91 Å². The minimum Gasteiger partial charge on any atom is -0.382 e. The molecule has 0 radical (unpaired) electrons. The maximum atomic E-state index is 13.1. The van der Waals surface area contributed by atoms with Gasteiger partial charge in [0.1, 0.15) is 0 Å². The number of hydrogen-bond acceptors (Lipinski definition) is 4. The molecule has 2 aromatic carbocycles. The fourth-order valence-corrected chi connectivity index (χ4v) is 3.16. The topological polar surface area (TPSA) is 59.0 Å². The summed E-state index contributed by atoms with van der Waals surface area (Å²) in [6.07, 6.45) is 1.61. The van der Waals surface area contributed by atoms with Gasteiger partial charge in [0.15, 0.2) is 0 Å². The van der Waals surface area contributed by atoms with Crippen LogP contribution >= 0.6 is 11.6 Å². The van der Waals surface area contributed by atoms with Crippen LogP contribution in [-0.4, -0.2) is 37.8 Å². The normalized spacial score (nSPS) is 18.3. The maximum Gasteiger partial charge on any atom is 0.265 e. The number of carbonyl (C=O) groups is 2. The summed E-state index contributed by atoms with van der Waals surface area (Å²) >= 11 is 6.04. The van der Waals surface area contributed by atoms with Crippen molar-refractivity contribution < 1.29 is 14.3 Å². The molecule has 5 nitrogen and oxygen atoms in total. The molecule has 2 aromatic rings. The van der Waals surface area contributed by atoms with E-state index in [2.05, 4.69) is 4.99 Å². The van der Waals surface area contributed by atoms with Crippen molar-refractivity contribution in [3.05, 3.63) is 64.7 Å². The molecule has 1 heterocycles. The molecule has 0 N–H and O–H groups in total. The number of halogens is 1. The predicted octanol–water partition coefficient (Wildman–Crippen LogP) is 3.72. The van der Waals surface area contributed by atoms with E-state index >= 15 is 0 Å². The number of amides is 2. The summed E-state index contributed by atoms with van der Waals surface area (Å²) in [5, 5.41) is 0.459. The number of rotatable bonds is 5. The Morgan fingerprint density at radius 2 is 2.00 bits per heavy atom. The highest BCUT2D eigenvalue weighted by molar-refractivity contribution is 6.32. The predicted molar refractivity (Wildman–Crippen MR) is 102 cm³/mol. The summed E-state index contributed by atoms with van der Waals surface area (Å²) in [4.78, 5) is 31.6. The Labute approximate surface area is 157 Å². The first-order valence-corrected chi connectivity index (χ1v) is 8.65. The fourth-order valence-electron chi connectivity index (χ4n) is 2.98. The summed E-state index contributed by atoms with van der Waals surface area (Å²) < 4.78 is 5.08. The first kappa shape index (κ1) is 18.3. The van der Waals surface area contributed by atoms with Gasteiger partial charge in [-0.05, 0) is 36.8 Å². The lowest BCUT2D eigenvalue weighted by atomic mass is 9.89. The molecule has 0 saturated carbocycles. The molecule has 6 heteroatoms. The number of imide groups is 1. The molecular formula is C20H19ClN2O3. The van der Waals surface area contributed by atoms with Crippen molar-refractivity contribution in [2.45, 2.75) is 18.9 Å². The number of methoxy groups -OCH3 is 1. The van der Waals surface area contributed by atoms with Crippen molar-refractivity contribution >= 4 is 35.3 Å². The van der Waals surface area contributed by atoms with Crippen LogP contribution in [0.15, 0.2) is 53.5 Å². The third kappa shape index (κ3) is 3.54. The van der Waals surface area contributed by atoms with Gasteiger partial charge in [-0.3, -0.25) is 14.6 Å². The summed E-state index contributed by atoms with van der Waals surface area (Å²) in [6, 6.07) is 13.7. The molecule has 2 amide bonds. The lowest BCUT2D eigenvalue weighted by Crippen LogP contribution is -2.45. The molecule has 1 aliphatic rings. The second-order valence-corrected chi connectivity index (χ2v) is 6.56. The lowest BCUT2D eigenvalue weighted by molar-refractivity contribution is -0.118. The molecule has 2 atom stereocenters. The minimum atomic E-state index is -0.637. The van der Waals surface area contributed by atoms with E-state index in [1.165, 1.54) is 4.90 Å². The first-order valence-electron chi connectivity index (χ1n) is 8.28. The second kappa shape index (κ2) is 7.81. The third-order valence-corrected chi connectivity index (χ3v) is 4.41. The van der Waals surface area contributed by atoms with Crippen LogP contribution in [0.1, 0.15) is 28.8 Å². The van der Waals surface area contributed by atoms with Gasteiger partial charge in [-0.2, -0.15) is 0 Å². The molecule has 0 fully saturated rings. The molecule has 1 aliphatic heterocycles. The van der Waals surface area contributed by atoms with E-state index in [1.807, 2.05) is 13.0 Å². The number of ether oxygens (including phenoxy) is 1. The van der Waals surface area contributed by atoms with E-state index in [1.54, 1.807) is 55.8 Å². The highest BCUT2D eigenvalue weighted by Crippen LogP contribution is 2.32. The Balaban J connectivity index is 2.05. The van der Waals surface area contributed by atoms with Gasteiger partial charge in [-0.25, -0.2) is 4.90 Å². The van der Waals surface area contributed by atoms with Crippen LogP contribution in [0.4, 0.5) is 5.69 Å². The number of carbonyl (C=O) groups excluding carboxylic acids is 2. The number of aliphatic imine (C=N–C) groups is 1. The zero-order valence-corrected chi connectivity index (χ0v) is 15.3. The molecule has 0 spiro atoms. The van der Waals surface area contributed by atoms with Crippen molar-refractivity contribution in [2.75, 3.05) is 18.6 Å². The molecule has 1 unspecified atom stereocenters. The molecule has 0 aromatic heterocycles. The lowest BCUT2D eigenvalue weighted by Gasteiger charge is -2.31. The van der Waals surface area contributed by atoms with Crippen LogP contribution < -0.4 is 4.90 Å². The number of hydrogen-bond donors (Lipinski definition) is 0. The zero-order chi connectivity index (χ0) is 18.7. The van der Waals surface area contributed by atoms with Crippen molar-refractivity contribution in [1.29, 1.82) is 0 Å². The maximum absolute atomic E-state index is 13.1. The zero-order valence-electron chi connectivity index (χ0n) is 14.6. The number of anilines is 1. The van der Waals surface area contributed by atoms with Gasteiger partial charge < -0.3 is 4.74 Å². The molecule has 0 saturated heterocycles. The molecule has 26 heavy (non-hydrogen) atoms. The highest BCUT2D eigenvalue weighted by Gasteiger charge is 2.38. The van der Waals surface area contributed by atoms with Crippen LogP contribution in [0.5, 0.6) is 0 Å². The van der Waals surface area contributed by atoms with Crippen LogP contribution in [0.2, 0.25) is 5.02 Å². The third-order valence-electron chi connectivity index (χ3n) is 4.18. The van der Waals surface area contributed by atoms with E-state index in [0.29, 0.717) is 28.4 Å². The Morgan fingerprint density at radius 1 is 1.23 bits per heavy atom. The summed E-state index contributed by atoms with van der Waals surface area (Å²) in [5.41, 5.74) is 1.60. The van der Waals surface area contributed by atoms with Crippen molar-refractivity contribution in [1.82, 2.24) is 0 Å². The van der Waals surface area contributed by atoms with E-state index in [4.69, 9.17) is 16.3 Å². The summed E-state index contributed by atoms with van der Waals surface area (Å²) in [5.74, 6) is -1.34.